The number of nitrogens with two attached hydrogens (primary N) is 1. The fourth-order valence-electron chi connectivity index (χ4n) is 3.97. The van der Waals surface area contributed by atoms with Gasteiger partial charge in [0, 0.05) is 21.8 Å². The molecule has 10 heteroatoms. The van der Waals surface area contributed by atoms with Gasteiger partial charge in [-0.2, -0.15) is 5.11 Å². The number of azo groups is 2. The lowest BCUT2D eigenvalue weighted by molar-refractivity contribution is 0.0696. The monoisotopic (exact) mass is 535 g/mol. The van der Waals surface area contributed by atoms with E-state index in [1.165, 1.54) is 12.1 Å². The number of carbonyl (C=O) groups is 2. The number of aromatic carboxylic acids is 2. The fraction of sp³-hybridized carbons (Fsp3) is 0.0667. The molecule has 0 aliphatic carbocycles. The minimum absolute atomic E-state index is 0.0300. The van der Waals surface area contributed by atoms with Crippen molar-refractivity contribution in [3.8, 4) is 5.75 Å². The summed E-state index contributed by atoms with van der Waals surface area (Å²) >= 11 is 0. The molecule has 0 fully saturated rings. The zero-order valence-electron chi connectivity index (χ0n) is 21.6. The molecule has 0 saturated heterocycles. The van der Waals surface area contributed by atoms with Crippen molar-refractivity contribution in [2.45, 2.75) is 13.8 Å². The van der Waals surface area contributed by atoms with Gasteiger partial charge in [-0.1, -0.05) is 50.2 Å². The SMILES string of the molecule is CC.Nc1ccc2ccc(N=Nc3ccc(N=Nc4cc(C(=O)O)cc(C(=O)O)c4)c4ccccc34)c(O)c2c1. The van der Waals surface area contributed by atoms with Crippen molar-refractivity contribution in [1.29, 1.82) is 0 Å². The molecule has 40 heavy (non-hydrogen) atoms. The van der Waals surface area contributed by atoms with Gasteiger partial charge in [-0.15, -0.1) is 15.3 Å². The standard InChI is InChI=1S/C28H19N5O5.C2H6/c29-18-7-5-15-6-8-25(26(34)22(15)14-18)33-32-24-10-9-23(20-3-1-2-4-21(20)24)31-30-19-12-16(27(35)36)11-17(13-19)28(37)38;1-2/h1-14,34H,29H2,(H,35,36)(H,37,38);1-2H3. The number of benzene rings is 5. The molecule has 5 aromatic rings. The number of nitrogens with zero attached hydrogens (tertiary/aromatic N) is 4. The van der Waals surface area contributed by atoms with Crippen LogP contribution in [0.3, 0.4) is 0 Å². The molecule has 0 unspecified atom stereocenters. The van der Waals surface area contributed by atoms with E-state index < -0.39 is 11.9 Å². The Hall–Kier alpha value is -5.64. The highest BCUT2D eigenvalue weighted by Crippen LogP contribution is 2.39. The quantitative estimate of drug-likeness (QED) is 0.125. The molecule has 0 amide bonds. The van der Waals surface area contributed by atoms with E-state index in [0.717, 1.165) is 11.5 Å². The van der Waals surface area contributed by atoms with E-state index in [1.54, 1.807) is 30.3 Å². The van der Waals surface area contributed by atoms with Gasteiger partial charge in [0.15, 0.2) is 5.75 Å². The molecule has 0 aliphatic heterocycles. The van der Waals surface area contributed by atoms with E-state index in [9.17, 15) is 24.9 Å². The molecule has 0 radical (unpaired) electrons. The first-order valence-electron chi connectivity index (χ1n) is 12.3. The number of carboxylic acids is 2. The summed E-state index contributed by atoms with van der Waals surface area (Å²) in [5.74, 6) is -2.58. The van der Waals surface area contributed by atoms with Gasteiger partial charge in [0.2, 0.25) is 0 Å². The summed E-state index contributed by atoms with van der Waals surface area (Å²) in [6.45, 7) is 4.00. The van der Waals surface area contributed by atoms with Gasteiger partial charge in [-0.25, -0.2) is 9.59 Å². The number of hydrogen-bond donors (Lipinski definition) is 4. The predicted molar refractivity (Wildman–Crippen MR) is 154 cm³/mol. The van der Waals surface area contributed by atoms with Gasteiger partial charge in [-0.05, 0) is 53.9 Å². The van der Waals surface area contributed by atoms with Crippen LogP contribution in [0.5, 0.6) is 5.75 Å². The molecule has 0 saturated carbocycles. The summed E-state index contributed by atoms with van der Waals surface area (Å²) in [4.78, 5) is 22.7. The van der Waals surface area contributed by atoms with Gasteiger partial charge < -0.3 is 21.1 Å². The molecule has 5 rings (SSSR count). The van der Waals surface area contributed by atoms with Crippen LogP contribution < -0.4 is 5.73 Å². The van der Waals surface area contributed by atoms with Crippen LogP contribution >= 0.6 is 0 Å². The van der Waals surface area contributed by atoms with Crippen molar-refractivity contribution in [2.24, 2.45) is 20.5 Å². The average Bonchev–Trinajstić information content (AvgIpc) is 2.97. The van der Waals surface area contributed by atoms with Crippen molar-refractivity contribution < 1.29 is 24.9 Å². The van der Waals surface area contributed by atoms with E-state index in [4.69, 9.17) is 5.73 Å². The average molecular weight is 536 g/mol. The second kappa shape index (κ2) is 11.8. The molecular formula is C30H25N5O5. The maximum atomic E-state index is 11.4. The zero-order chi connectivity index (χ0) is 28.8. The predicted octanol–water partition coefficient (Wildman–Crippen LogP) is 8.53. The minimum Gasteiger partial charge on any atom is -0.505 e. The van der Waals surface area contributed by atoms with Crippen LogP contribution in [0.25, 0.3) is 21.5 Å². The third-order valence-electron chi connectivity index (χ3n) is 5.82. The summed E-state index contributed by atoms with van der Waals surface area (Å²) in [6, 6.07) is 22.9. The lowest BCUT2D eigenvalue weighted by Gasteiger charge is -2.06. The summed E-state index contributed by atoms with van der Waals surface area (Å²) < 4.78 is 0. The van der Waals surface area contributed by atoms with Crippen LogP contribution in [0.2, 0.25) is 0 Å². The van der Waals surface area contributed by atoms with Crippen LogP contribution in [0.1, 0.15) is 34.6 Å². The van der Waals surface area contributed by atoms with E-state index in [1.807, 2.05) is 50.2 Å². The van der Waals surface area contributed by atoms with Crippen LogP contribution in [-0.2, 0) is 0 Å². The first kappa shape index (κ1) is 27.4. The molecule has 200 valence electrons. The Kier molecular flexibility index (Phi) is 8.10. The Morgan fingerprint density at radius 1 is 0.625 bits per heavy atom. The maximum absolute atomic E-state index is 11.4. The molecule has 5 N–H and O–H groups in total. The third-order valence-corrected chi connectivity index (χ3v) is 5.82. The Morgan fingerprint density at radius 3 is 1.70 bits per heavy atom. The molecule has 0 aliphatic rings. The number of phenolic OH excluding ortho intramolecular Hbond substituents is 1. The summed E-state index contributed by atoms with van der Waals surface area (Å²) in [6.07, 6.45) is 0. The van der Waals surface area contributed by atoms with Gasteiger partial charge in [0.05, 0.1) is 28.2 Å². The Labute approximate surface area is 228 Å². The second-order valence-electron chi connectivity index (χ2n) is 8.34. The zero-order valence-corrected chi connectivity index (χ0v) is 21.6. The summed E-state index contributed by atoms with van der Waals surface area (Å²) in [5, 5.41) is 49.0. The second-order valence-corrected chi connectivity index (χ2v) is 8.34. The number of aromatic hydroxyl groups is 1. The van der Waals surface area contributed by atoms with Crippen molar-refractivity contribution in [2.75, 3.05) is 5.73 Å². The van der Waals surface area contributed by atoms with E-state index in [2.05, 4.69) is 20.5 Å². The van der Waals surface area contributed by atoms with Gasteiger partial charge in [0.25, 0.3) is 0 Å². The molecule has 0 spiro atoms. The largest absolute Gasteiger partial charge is 0.505 e. The van der Waals surface area contributed by atoms with Crippen molar-refractivity contribution in [3.05, 3.63) is 96.1 Å². The summed E-state index contributed by atoms with van der Waals surface area (Å²) in [7, 11) is 0. The molecule has 0 atom stereocenters. The molecule has 10 nitrogen and oxygen atoms in total. The Balaban J connectivity index is 0.00000181. The molecule has 0 bridgehead atoms. The van der Waals surface area contributed by atoms with Crippen molar-refractivity contribution in [3.63, 3.8) is 0 Å². The first-order chi connectivity index (χ1) is 19.3. The minimum atomic E-state index is -1.27. The normalized spacial score (nSPS) is 11.2. The number of rotatable bonds is 6. The summed E-state index contributed by atoms with van der Waals surface area (Å²) in [5.41, 5.74) is 7.30. The highest BCUT2D eigenvalue weighted by Gasteiger charge is 2.12. The number of fused-ring (bicyclic) bond motifs is 2. The van der Waals surface area contributed by atoms with Crippen molar-refractivity contribution in [1.82, 2.24) is 0 Å². The molecule has 0 aromatic heterocycles. The van der Waals surface area contributed by atoms with Crippen LogP contribution in [0, 0.1) is 0 Å². The number of phenols is 1. The van der Waals surface area contributed by atoms with Crippen LogP contribution in [0.15, 0.2) is 105 Å². The number of hydrogen-bond acceptors (Lipinski definition) is 8. The topological polar surface area (TPSA) is 170 Å². The number of nitrogen functional groups attached to an aromatic ring is 1. The first-order valence-corrected chi connectivity index (χ1v) is 12.3. The van der Waals surface area contributed by atoms with Crippen molar-refractivity contribution >= 4 is 61.9 Å². The number of anilines is 1. The molecule has 5 aromatic carbocycles. The smallest absolute Gasteiger partial charge is 0.335 e. The Bertz CT molecular complexity index is 1780. The van der Waals surface area contributed by atoms with Gasteiger partial charge in [0.1, 0.15) is 5.69 Å². The lowest BCUT2D eigenvalue weighted by Crippen LogP contribution is -2.01. The highest BCUT2D eigenvalue weighted by molar-refractivity contribution is 6.00. The highest BCUT2D eigenvalue weighted by atomic mass is 16.4. The molecule has 0 heterocycles. The van der Waals surface area contributed by atoms with Gasteiger partial charge in [-0.3, -0.25) is 0 Å². The fourth-order valence-corrected chi connectivity index (χ4v) is 3.97. The Morgan fingerprint density at radius 2 is 1.12 bits per heavy atom. The number of carboxylic acid groups (broad SMARTS) is 2. The third kappa shape index (κ3) is 5.76. The maximum Gasteiger partial charge on any atom is 0.335 e. The lowest BCUT2D eigenvalue weighted by atomic mass is 10.1. The van der Waals surface area contributed by atoms with Crippen LogP contribution in [0.4, 0.5) is 28.4 Å². The van der Waals surface area contributed by atoms with Gasteiger partial charge >= 0.3 is 11.9 Å². The van der Waals surface area contributed by atoms with E-state index in [-0.39, 0.29) is 28.3 Å². The van der Waals surface area contributed by atoms with E-state index in [0.29, 0.717) is 33.2 Å². The molecular weight excluding hydrogens is 510 g/mol. The van der Waals surface area contributed by atoms with Crippen LogP contribution in [-0.4, -0.2) is 27.3 Å². The van der Waals surface area contributed by atoms with E-state index >= 15 is 0 Å².